The van der Waals surface area contributed by atoms with E-state index >= 15 is 0 Å². The molecule has 0 spiro atoms. The number of sulfone groups is 2. The van der Waals surface area contributed by atoms with Gasteiger partial charge in [-0.25, -0.2) is 16.8 Å². The van der Waals surface area contributed by atoms with Gasteiger partial charge in [-0.05, 0) is 22.3 Å². The van der Waals surface area contributed by atoms with Crippen molar-refractivity contribution in [2.45, 2.75) is 23.0 Å². The Morgan fingerprint density at radius 2 is 0.727 bits per heavy atom. The van der Waals surface area contributed by atoms with Crippen molar-refractivity contribution in [3.8, 4) is 0 Å². The summed E-state index contributed by atoms with van der Waals surface area (Å²) in [5, 5.41) is 0. The van der Waals surface area contributed by atoms with E-state index in [2.05, 4.69) is 0 Å². The zero-order valence-electron chi connectivity index (χ0n) is 11.9. The molecule has 1 aliphatic heterocycles. The van der Waals surface area contributed by atoms with Gasteiger partial charge in [0.05, 0.1) is 23.0 Å². The Labute approximate surface area is 130 Å². The molecular weight excluding hydrogens is 320 g/mol. The van der Waals surface area contributed by atoms with Gasteiger partial charge in [-0.15, -0.1) is 0 Å². The molecule has 4 nitrogen and oxygen atoms in total. The van der Waals surface area contributed by atoms with Gasteiger partial charge in [-0.2, -0.15) is 0 Å². The molecule has 0 fully saturated rings. The molecule has 0 bridgehead atoms. The van der Waals surface area contributed by atoms with Crippen molar-refractivity contribution in [2.24, 2.45) is 0 Å². The highest BCUT2D eigenvalue weighted by atomic mass is 32.2. The fourth-order valence-corrected chi connectivity index (χ4v) is 5.95. The van der Waals surface area contributed by atoms with Gasteiger partial charge < -0.3 is 0 Å². The number of rotatable bonds is 0. The lowest BCUT2D eigenvalue weighted by atomic mass is 10.1. The lowest BCUT2D eigenvalue weighted by Crippen LogP contribution is -2.17. The maximum absolute atomic E-state index is 12.4. The van der Waals surface area contributed by atoms with Crippen molar-refractivity contribution in [3.05, 3.63) is 70.8 Å². The second-order valence-electron chi connectivity index (χ2n) is 5.60. The topological polar surface area (TPSA) is 68.3 Å². The first-order valence-corrected chi connectivity index (χ1v) is 10.5. The monoisotopic (exact) mass is 336 g/mol. The summed E-state index contributed by atoms with van der Waals surface area (Å²) in [7, 11) is -6.68. The molecular formula is C16H16O4S2. The van der Waals surface area contributed by atoms with Crippen LogP contribution in [0.25, 0.3) is 0 Å². The third kappa shape index (κ3) is 3.39. The van der Waals surface area contributed by atoms with Gasteiger partial charge in [-0.3, -0.25) is 0 Å². The molecule has 1 heterocycles. The molecule has 0 saturated carbocycles. The molecule has 116 valence electrons. The van der Waals surface area contributed by atoms with E-state index in [-0.39, 0.29) is 23.0 Å². The Morgan fingerprint density at radius 1 is 0.500 bits per heavy atom. The highest BCUT2D eigenvalue weighted by Crippen LogP contribution is 2.24. The summed E-state index contributed by atoms with van der Waals surface area (Å²) >= 11 is 0. The quantitative estimate of drug-likeness (QED) is 0.740. The number of benzene rings is 2. The number of fused-ring (bicyclic) bond motifs is 2. The Kier molecular flexibility index (Phi) is 3.82. The van der Waals surface area contributed by atoms with Crippen LogP contribution in [-0.2, 0) is 42.7 Å². The average molecular weight is 336 g/mol. The second kappa shape index (κ2) is 5.52. The lowest BCUT2D eigenvalue weighted by Gasteiger charge is -2.16. The van der Waals surface area contributed by atoms with Gasteiger partial charge in [0.1, 0.15) is 0 Å². The van der Waals surface area contributed by atoms with Crippen LogP contribution in [0, 0.1) is 0 Å². The van der Waals surface area contributed by atoms with Crippen molar-refractivity contribution in [2.75, 3.05) is 0 Å². The van der Waals surface area contributed by atoms with Crippen LogP contribution in [0.4, 0.5) is 0 Å². The van der Waals surface area contributed by atoms with E-state index in [0.29, 0.717) is 22.3 Å². The minimum atomic E-state index is -3.34. The van der Waals surface area contributed by atoms with Gasteiger partial charge in [0.15, 0.2) is 19.7 Å². The summed E-state index contributed by atoms with van der Waals surface area (Å²) in [6.45, 7) is 0. The third-order valence-corrected chi connectivity index (χ3v) is 6.74. The van der Waals surface area contributed by atoms with Gasteiger partial charge in [0.2, 0.25) is 0 Å². The molecule has 0 atom stereocenters. The molecule has 0 aliphatic carbocycles. The molecule has 0 amide bonds. The minimum absolute atomic E-state index is 0.132. The SMILES string of the molecule is O=S1(=O)Cc2ccccc2CS(=O)(=O)Cc2ccccc2C1. The maximum Gasteiger partial charge on any atom is 0.158 e. The van der Waals surface area contributed by atoms with Gasteiger partial charge in [0, 0.05) is 0 Å². The van der Waals surface area contributed by atoms with E-state index in [1.807, 2.05) is 0 Å². The second-order valence-corrected chi connectivity index (χ2v) is 9.73. The van der Waals surface area contributed by atoms with Crippen molar-refractivity contribution in [1.82, 2.24) is 0 Å². The van der Waals surface area contributed by atoms with E-state index in [1.54, 1.807) is 48.5 Å². The Morgan fingerprint density at radius 3 is 0.955 bits per heavy atom. The molecule has 22 heavy (non-hydrogen) atoms. The fraction of sp³-hybridized carbons (Fsp3) is 0.250. The number of hydrogen-bond donors (Lipinski definition) is 0. The Hall–Kier alpha value is -1.66. The lowest BCUT2D eigenvalue weighted by molar-refractivity contribution is 0.588. The Bertz CT molecular complexity index is 773. The largest absolute Gasteiger partial charge is 0.228 e. The van der Waals surface area contributed by atoms with E-state index < -0.39 is 19.7 Å². The normalized spacial score (nSPS) is 19.6. The molecule has 2 aromatic rings. The molecule has 0 unspecified atom stereocenters. The summed E-state index contributed by atoms with van der Waals surface area (Å²) in [5.41, 5.74) is 2.30. The first-order valence-electron chi connectivity index (χ1n) is 6.89. The molecule has 6 heteroatoms. The first-order chi connectivity index (χ1) is 10.3. The fourth-order valence-electron chi connectivity index (χ4n) is 2.73. The molecule has 3 rings (SSSR count). The van der Waals surface area contributed by atoms with E-state index in [4.69, 9.17) is 0 Å². The van der Waals surface area contributed by atoms with Gasteiger partial charge in [-0.1, -0.05) is 48.5 Å². The van der Waals surface area contributed by atoms with Crippen LogP contribution in [0.15, 0.2) is 48.5 Å². The molecule has 0 N–H and O–H groups in total. The van der Waals surface area contributed by atoms with Gasteiger partial charge in [0.25, 0.3) is 0 Å². The third-order valence-electron chi connectivity index (χ3n) is 3.74. The highest BCUT2D eigenvalue weighted by Gasteiger charge is 2.23. The highest BCUT2D eigenvalue weighted by molar-refractivity contribution is 7.90. The summed E-state index contributed by atoms with van der Waals surface area (Å²) < 4.78 is 49.7. The van der Waals surface area contributed by atoms with Crippen molar-refractivity contribution < 1.29 is 16.8 Å². The molecule has 0 saturated heterocycles. The minimum Gasteiger partial charge on any atom is -0.228 e. The summed E-state index contributed by atoms with van der Waals surface area (Å²) in [4.78, 5) is 0. The summed E-state index contributed by atoms with van der Waals surface area (Å²) in [6, 6.07) is 13.7. The summed E-state index contributed by atoms with van der Waals surface area (Å²) in [5.74, 6) is -0.528. The molecule has 2 aromatic carbocycles. The van der Waals surface area contributed by atoms with Crippen LogP contribution >= 0.6 is 0 Å². The number of hydrogen-bond acceptors (Lipinski definition) is 4. The van der Waals surface area contributed by atoms with Crippen LogP contribution in [0.5, 0.6) is 0 Å². The zero-order chi connectivity index (χ0) is 15.8. The summed E-state index contributed by atoms with van der Waals surface area (Å²) in [6.07, 6.45) is 0. The predicted molar refractivity (Wildman–Crippen MR) is 85.5 cm³/mol. The van der Waals surface area contributed by atoms with Crippen LogP contribution in [0.2, 0.25) is 0 Å². The van der Waals surface area contributed by atoms with Crippen LogP contribution < -0.4 is 0 Å². The molecule has 0 aromatic heterocycles. The van der Waals surface area contributed by atoms with E-state index in [9.17, 15) is 16.8 Å². The van der Waals surface area contributed by atoms with Gasteiger partial charge >= 0.3 is 0 Å². The van der Waals surface area contributed by atoms with E-state index in [1.165, 1.54) is 0 Å². The van der Waals surface area contributed by atoms with Crippen molar-refractivity contribution in [1.29, 1.82) is 0 Å². The predicted octanol–water partition coefficient (Wildman–Crippen LogP) is 2.23. The van der Waals surface area contributed by atoms with Crippen molar-refractivity contribution in [3.63, 3.8) is 0 Å². The molecule has 1 aliphatic rings. The Balaban J connectivity index is 2.16. The van der Waals surface area contributed by atoms with Crippen LogP contribution in [0.3, 0.4) is 0 Å². The van der Waals surface area contributed by atoms with E-state index in [0.717, 1.165) is 0 Å². The first kappa shape index (κ1) is 15.2. The van der Waals surface area contributed by atoms with Crippen molar-refractivity contribution >= 4 is 19.7 Å². The average Bonchev–Trinajstić information content (AvgIpc) is 2.41. The zero-order valence-corrected chi connectivity index (χ0v) is 13.5. The van der Waals surface area contributed by atoms with Crippen LogP contribution in [-0.4, -0.2) is 16.8 Å². The maximum atomic E-state index is 12.4. The molecule has 0 radical (unpaired) electrons. The standard InChI is InChI=1S/C16H16O4S2/c17-21(18)9-13-5-1-2-6-14(13)10-22(19,20)12-16-8-4-3-7-15(16)11-21/h1-8H,9-12H2. The smallest absolute Gasteiger partial charge is 0.158 e. The van der Waals surface area contributed by atoms with Crippen LogP contribution in [0.1, 0.15) is 22.3 Å².